The second-order valence-corrected chi connectivity index (χ2v) is 5.74. The van der Waals surface area contributed by atoms with E-state index in [0.717, 1.165) is 13.0 Å². The summed E-state index contributed by atoms with van der Waals surface area (Å²) in [5.41, 5.74) is -5.77. The van der Waals surface area contributed by atoms with E-state index in [-0.39, 0.29) is 5.56 Å². The summed E-state index contributed by atoms with van der Waals surface area (Å²) in [5, 5.41) is 0.902. The maximum atomic E-state index is 12.4. The monoisotopic (exact) mass is 318 g/mol. The number of rotatable bonds is 3. The van der Waals surface area contributed by atoms with Gasteiger partial charge in [0.15, 0.2) is 11.5 Å². The third kappa shape index (κ3) is 2.85. The Morgan fingerprint density at radius 3 is 2.29 bits per heavy atom. The predicted molar refractivity (Wildman–Crippen MR) is 69.6 cm³/mol. The Balaban J connectivity index is 2.66. The van der Waals surface area contributed by atoms with Gasteiger partial charge < -0.3 is 4.18 Å². The number of benzene rings is 2. The standard InChI is InChI=1S/C13H9F3O4S/c1-8(17)12-10-5-3-2-4-9(10)6-7-11(12)20-21(18,19)13(14,15)16/h2-7H,1H3. The number of fused-ring (bicyclic) bond motifs is 1. The van der Waals surface area contributed by atoms with Gasteiger partial charge in [0.05, 0.1) is 5.56 Å². The van der Waals surface area contributed by atoms with Gasteiger partial charge in [-0.15, -0.1) is 0 Å². The van der Waals surface area contributed by atoms with Crippen molar-refractivity contribution in [3.05, 3.63) is 42.0 Å². The van der Waals surface area contributed by atoms with Crippen molar-refractivity contribution in [2.24, 2.45) is 0 Å². The summed E-state index contributed by atoms with van der Waals surface area (Å²) in [7, 11) is -5.83. The minimum Gasteiger partial charge on any atom is -0.375 e. The molecule has 0 amide bonds. The van der Waals surface area contributed by atoms with Crippen LogP contribution in [0.25, 0.3) is 10.8 Å². The van der Waals surface area contributed by atoms with Crippen molar-refractivity contribution in [1.29, 1.82) is 0 Å². The molecule has 112 valence electrons. The van der Waals surface area contributed by atoms with Crippen molar-refractivity contribution in [3.63, 3.8) is 0 Å². The third-order valence-electron chi connectivity index (χ3n) is 2.73. The molecule has 0 aliphatic heterocycles. The van der Waals surface area contributed by atoms with Crippen LogP contribution in [0.1, 0.15) is 17.3 Å². The molecule has 2 aromatic carbocycles. The van der Waals surface area contributed by atoms with Crippen LogP contribution >= 0.6 is 0 Å². The molecular weight excluding hydrogens is 309 g/mol. The quantitative estimate of drug-likeness (QED) is 0.495. The summed E-state index contributed by atoms with van der Waals surface area (Å²) in [4.78, 5) is 11.7. The minimum atomic E-state index is -5.83. The van der Waals surface area contributed by atoms with Gasteiger partial charge in [-0.1, -0.05) is 30.3 Å². The molecule has 21 heavy (non-hydrogen) atoms. The van der Waals surface area contributed by atoms with Crippen LogP contribution in [0.2, 0.25) is 0 Å². The second-order valence-electron chi connectivity index (χ2n) is 4.20. The Morgan fingerprint density at radius 2 is 1.71 bits per heavy atom. The SMILES string of the molecule is CC(=O)c1c(OS(=O)(=O)C(F)(F)F)ccc2ccccc12. The van der Waals surface area contributed by atoms with Gasteiger partial charge in [0.25, 0.3) is 0 Å². The van der Waals surface area contributed by atoms with Gasteiger partial charge in [-0.05, 0) is 23.8 Å². The highest BCUT2D eigenvalue weighted by atomic mass is 32.2. The normalized spacial score (nSPS) is 12.4. The molecule has 0 saturated heterocycles. The van der Waals surface area contributed by atoms with Crippen molar-refractivity contribution in [3.8, 4) is 5.75 Å². The molecule has 0 aliphatic rings. The number of ketones is 1. The first-order valence-corrected chi connectivity index (χ1v) is 7.08. The van der Waals surface area contributed by atoms with Crippen LogP contribution in [0.5, 0.6) is 5.75 Å². The van der Waals surface area contributed by atoms with Gasteiger partial charge in [0, 0.05) is 0 Å². The number of hydrogen-bond donors (Lipinski definition) is 0. The van der Waals surface area contributed by atoms with E-state index in [1.165, 1.54) is 12.1 Å². The third-order valence-corrected chi connectivity index (χ3v) is 3.69. The number of carbonyl (C=O) groups excluding carboxylic acids is 1. The highest BCUT2D eigenvalue weighted by molar-refractivity contribution is 7.88. The van der Waals surface area contributed by atoms with E-state index in [1.54, 1.807) is 18.2 Å². The van der Waals surface area contributed by atoms with E-state index < -0.39 is 27.2 Å². The smallest absolute Gasteiger partial charge is 0.375 e. The number of hydrogen-bond acceptors (Lipinski definition) is 4. The van der Waals surface area contributed by atoms with Crippen LogP contribution < -0.4 is 4.18 Å². The second kappa shape index (κ2) is 5.03. The zero-order chi connectivity index (χ0) is 15.8. The van der Waals surface area contributed by atoms with Gasteiger partial charge in [0.2, 0.25) is 0 Å². The molecule has 0 N–H and O–H groups in total. The Bertz CT molecular complexity index is 810. The first-order valence-electron chi connectivity index (χ1n) is 5.67. The molecule has 0 spiro atoms. The molecular formula is C13H9F3O4S. The summed E-state index contributed by atoms with van der Waals surface area (Å²) in [6.07, 6.45) is 0. The molecule has 0 aliphatic carbocycles. The highest BCUT2D eigenvalue weighted by Gasteiger charge is 2.49. The summed E-state index contributed by atoms with van der Waals surface area (Å²) in [6, 6.07) is 8.81. The van der Waals surface area contributed by atoms with Crippen LogP contribution in [-0.2, 0) is 10.1 Å². The van der Waals surface area contributed by atoms with Gasteiger partial charge in [-0.3, -0.25) is 4.79 Å². The van der Waals surface area contributed by atoms with Crippen molar-refractivity contribution in [2.45, 2.75) is 12.4 Å². The van der Waals surface area contributed by atoms with Crippen LogP contribution in [0.15, 0.2) is 36.4 Å². The Labute approximate surface area is 118 Å². The lowest BCUT2D eigenvalue weighted by molar-refractivity contribution is -0.0500. The number of halogens is 3. The zero-order valence-corrected chi connectivity index (χ0v) is 11.5. The first kappa shape index (κ1) is 15.3. The van der Waals surface area contributed by atoms with Crippen molar-refractivity contribution in [2.75, 3.05) is 0 Å². The van der Waals surface area contributed by atoms with Gasteiger partial charge in [-0.25, -0.2) is 0 Å². The molecule has 0 atom stereocenters. The molecule has 0 bridgehead atoms. The average molecular weight is 318 g/mol. The molecule has 0 fully saturated rings. The van der Waals surface area contributed by atoms with Crippen molar-refractivity contribution in [1.82, 2.24) is 0 Å². The Kier molecular flexibility index (Phi) is 3.66. The van der Waals surface area contributed by atoms with E-state index in [0.29, 0.717) is 10.8 Å². The van der Waals surface area contributed by atoms with E-state index in [1.807, 2.05) is 0 Å². The molecule has 0 radical (unpaired) electrons. The van der Waals surface area contributed by atoms with E-state index in [4.69, 9.17) is 0 Å². The summed E-state index contributed by atoms with van der Waals surface area (Å²) in [5.74, 6) is -1.24. The van der Waals surface area contributed by atoms with Crippen molar-refractivity contribution < 1.29 is 30.6 Å². The fraction of sp³-hybridized carbons (Fsp3) is 0.154. The molecule has 0 unspecified atom stereocenters. The lowest BCUT2D eigenvalue weighted by Gasteiger charge is -2.13. The van der Waals surface area contributed by atoms with E-state index in [9.17, 15) is 26.4 Å². The molecule has 2 rings (SSSR count). The summed E-state index contributed by atoms with van der Waals surface area (Å²) < 4.78 is 63.3. The van der Waals surface area contributed by atoms with Crippen molar-refractivity contribution >= 4 is 26.7 Å². The first-order chi connectivity index (χ1) is 9.63. The van der Waals surface area contributed by atoms with E-state index >= 15 is 0 Å². The largest absolute Gasteiger partial charge is 0.534 e. The fourth-order valence-corrected chi connectivity index (χ4v) is 2.32. The highest BCUT2D eigenvalue weighted by Crippen LogP contribution is 2.33. The minimum absolute atomic E-state index is 0.207. The van der Waals surface area contributed by atoms with Gasteiger partial charge in [0.1, 0.15) is 0 Å². The lowest BCUT2D eigenvalue weighted by Crippen LogP contribution is -2.28. The predicted octanol–water partition coefficient (Wildman–Crippen LogP) is 3.27. The number of alkyl halides is 3. The molecule has 2 aromatic rings. The molecule has 8 heteroatoms. The Morgan fingerprint density at radius 1 is 1.10 bits per heavy atom. The maximum absolute atomic E-state index is 12.4. The average Bonchev–Trinajstić information content (AvgIpc) is 2.36. The van der Waals surface area contributed by atoms with Crippen LogP contribution in [0, 0.1) is 0 Å². The summed E-state index contributed by atoms with van der Waals surface area (Å²) in [6.45, 7) is 1.12. The molecule has 4 nitrogen and oxygen atoms in total. The lowest BCUT2D eigenvalue weighted by atomic mass is 10.0. The maximum Gasteiger partial charge on any atom is 0.534 e. The summed E-state index contributed by atoms with van der Waals surface area (Å²) >= 11 is 0. The van der Waals surface area contributed by atoms with Crippen LogP contribution in [0.3, 0.4) is 0 Å². The van der Waals surface area contributed by atoms with Crippen LogP contribution in [-0.4, -0.2) is 19.7 Å². The Hall–Kier alpha value is -2.09. The molecule has 0 heterocycles. The number of carbonyl (C=O) groups is 1. The zero-order valence-electron chi connectivity index (χ0n) is 10.6. The van der Waals surface area contributed by atoms with Gasteiger partial charge in [-0.2, -0.15) is 21.6 Å². The number of Topliss-reactive ketones (excluding diaryl/α,β-unsaturated/α-hetero) is 1. The van der Waals surface area contributed by atoms with Crippen LogP contribution in [0.4, 0.5) is 13.2 Å². The fourth-order valence-electron chi connectivity index (χ4n) is 1.85. The molecule has 0 aromatic heterocycles. The van der Waals surface area contributed by atoms with E-state index in [2.05, 4.69) is 4.18 Å². The molecule has 0 saturated carbocycles. The van der Waals surface area contributed by atoms with Gasteiger partial charge >= 0.3 is 15.6 Å². The topological polar surface area (TPSA) is 60.4 Å².